The lowest BCUT2D eigenvalue weighted by Gasteiger charge is -2.24. The zero-order valence-corrected chi connectivity index (χ0v) is 15.6. The SMILES string of the molecule is COc1cc(F)c([C@H](OC)C(=O)N(Cc2ccc(C(=N)N)cc2)C(=O)O)c(F)c1. The molecule has 29 heavy (non-hydrogen) atoms. The lowest BCUT2D eigenvalue weighted by molar-refractivity contribution is -0.141. The quantitative estimate of drug-likeness (QED) is 0.479. The normalized spacial score (nSPS) is 11.6. The standard InChI is InChI=1S/C19H19F2N3O5/c1-28-12-7-13(20)15(14(21)8-12)16(29-2)18(25)24(19(26)27)9-10-3-5-11(6-4-10)17(22)23/h3-8,16H,9H2,1-2H3,(H3,22,23)(H,26,27)/t16-/m0/s1. The second kappa shape index (κ2) is 9.11. The molecule has 2 rings (SSSR count). The second-order valence-electron chi connectivity index (χ2n) is 5.94. The van der Waals surface area contributed by atoms with Crippen LogP contribution in [0.1, 0.15) is 22.8 Å². The number of carbonyl (C=O) groups excluding carboxylic acids is 1. The number of hydrogen-bond acceptors (Lipinski definition) is 5. The molecule has 0 aliphatic heterocycles. The van der Waals surface area contributed by atoms with Crippen molar-refractivity contribution in [3.05, 3.63) is 64.7 Å². The van der Waals surface area contributed by atoms with Gasteiger partial charge in [-0.05, 0) is 5.56 Å². The van der Waals surface area contributed by atoms with Crippen LogP contribution in [0.5, 0.6) is 5.75 Å². The number of nitrogen functional groups attached to an aromatic ring is 1. The third-order valence-corrected chi connectivity index (χ3v) is 4.11. The van der Waals surface area contributed by atoms with E-state index in [0.717, 1.165) is 19.2 Å². The second-order valence-corrected chi connectivity index (χ2v) is 5.94. The van der Waals surface area contributed by atoms with Gasteiger partial charge in [-0.3, -0.25) is 10.2 Å². The van der Waals surface area contributed by atoms with Crippen molar-refractivity contribution in [2.24, 2.45) is 5.73 Å². The molecular formula is C19H19F2N3O5. The van der Waals surface area contributed by atoms with E-state index >= 15 is 0 Å². The third kappa shape index (κ3) is 4.85. The maximum absolute atomic E-state index is 14.4. The van der Waals surface area contributed by atoms with Crippen LogP contribution in [0.15, 0.2) is 36.4 Å². The number of benzene rings is 2. The minimum absolute atomic E-state index is 0.105. The van der Waals surface area contributed by atoms with E-state index in [1.54, 1.807) is 0 Å². The van der Waals surface area contributed by atoms with E-state index in [4.69, 9.17) is 20.6 Å². The molecule has 8 nitrogen and oxygen atoms in total. The predicted molar refractivity (Wildman–Crippen MR) is 98.7 cm³/mol. The minimum Gasteiger partial charge on any atom is -0.497 e. The van der Waals surface area contributed by atoms with Gasteiger partial charge in [-0.15, -0.1) is 0 Å². The van der Waals surface area contributed by atoms with Crippen molar-refractivity contribution in [2.45, 2.75) is 12.6 Å². The number of nitrogens with zero attached hydrogens (tertiary/aromatic N) is 1. The smallest absolute Gasteiger partial charge is 0.414 e. The molecule has 2 amide bonds. The molecule has 0 bridgehead atoms. The molecule has 0 aliphatic rings. The van der Waals surface area contributed by atoms with E-state index in [-0.39, 0.29) is 11.6 Å². The van der Waals surface area contributed by atoms with Gasteiger partial charge in [0.15, 0.2) is 6.10 Å². The molecule has 10 heteroatoms. The zero-order chi connectivity index (χ0) is 21.7. The van der Waals surface area contributed by atoms with Crippen molar-refractivity contribution in [3.8, 4) is 5.75 Å². The van der Waals surface area contributed by atoms with Gasteiger partial charge in [-0.2, -0.15) is 0 Å². The summed E-state index contributed by atoms with van der Waals surface area (Å²) in [5.74, 6) is -3.67. The van der Waals surface area contributed by atoms with Crippen LogP contribution in [0.4, 0.5) is 13.6 Å². The van der Waals surface area contributed by atoms with Crippen LogP contribution < -0.4 is 10.5 Å². The van der Waals surface area contributed by atoms with E-state index in [1.807, 2.05) is 0 Å². The molecule has 0 fully saturated rings. The maximum Gasteiger partial charge on any atom is 0.414 e. The molecule has 0 saturated carbocycles. The summed E-state index contributed by atoms with van der Waals surface area (Å²) >= 11 is 0. The van der Waals surface area contributed by atoms with Crippen molar-refractivity contribution >= 4 is 17.8 Å². The highest BCUT2D eigenvalue weighted by molar-refractivity contribution is 5.95. The van der Waals surface area contributed by atoms with Crippen LogP contribution in [-0.2, 0) is 16.1 Å². The number of carboxylic acid groups (broad SMARTS) is 1. The summed E-state index contributed by atoms with van der Waals surface area (Å²) in [6, 6.07) is 7.66. The molecule has 0 aromatic heterocycles. The Balaban J connectivity index is 2.36. The van der Waals surface area contributed by atoms with Crippen molar-refractivity contribution in [1.29, 1.82) is 5.41 Å². The Labute approximate surface area is 165 Å². The first-order valence-corrected chi connectivity index (χ1v) is 8.23. The highest BCUT2D eigenvalue weighted by atomic mass is 19.1. The fourth-order valence-corrected chi connectivity index (χ4v) is 2.63. The Bertz CT molecular complexity index is 911. The van der Waals surface area contributed by atoms with Gasteiger partial charge in [0.2, 0.25) is 0 Å². The first-order chi connectivity index (χ1) is 13.7. The van der Waals surface area contributed by atoms with Gasteiger partial charge in [0, 0.05) is 24.8 Å². The Morgan fingerprint density at radius 3 is 2.14 bits per heavy atom. The monoisotopic (exact) mass is 407 g/mol. The van der Waals surface area contributed by atoms with Crippen LogP contribution in [0.2, 0.25) is 0 Å². The fraction of sp³-hybridized carbons (Fsp3) is 0.211. The molecule has 0 spiro atoms. The number of amidine groups is 1. The van der Waals surface area contributed by atoms with Crippen molar-refractivity contribution in [2.75, 3.05) is 14.2 Å². The first-order valence-electron chi connectivity index (χ1n) is 8.23. The number of nitrogens with one attached hydrogen (secondary N) is 1. The minimum atomic E-state index is -1.83. The molecule has 2 aromatic carbocycles. The molecule has 0 radical (unpaired) electrons. The molecular weight excluding hydrogens is 388 g/mol. The molecule has 0 saturated heterocycles. The Morgan fingerprint density at radius 2 is 1.72 bits per heavy atom. The number of ether oxygens (including phenoxy) is 2. The predicted octanol–water partition coefficient (Wildman–Crippen LogP) is 2.65. The van der Waals surface area contributed by atoms with E-state index in [1.165, 1.54) is 31.4 Å². The summed E-state index contributed by atoms with van der Waals surface area (Å²) in [6.07, 6.45) is -3.45. The molecule has 154 valence electrons. The first kappa shape index (κ1) is 21.8. The van der Waals surface area contributed by atoms with Gasteiger partial charge >= 0.3 is 6.09 Å². The lowest BCUT2D eigenvalue weighted by atomic mass is 10.1. The molecule has 4 N–H and O–H groups in total. The van der Waals surface area contributed by atoms with Gasteiger partial charge < -0.3 is 20.3 Å². The average Bonchev–Trinajstić information content (AvgIpc) is 2.68. The van der Waals surface area contributed by atoms with Gasteiger partial charge in [0.1, 0.15) is 23.2 Å². The van der Waals surface area contributed by atoms with E-state index < -0.39 is 41.8 Å². The lowest BCUT2D eigenvalue weighted by Crippen LogP contribution is -2.39. The largest absolute Gasteiger partial charge is 0.497 e. The third-order valence-electron chi connectivity index (χ3n) is 4.11. The summed E-state index contributed by atoms with van der Waals surface area (Å²) in [7, 11) is 2.25. The number of nitrogens with two attached hydrogens (primary N) is 1. The summed E-state index contributed by atoms with van der Waals surface area (Å²) in [4.78, 5) is 24.8. The number of rotatable bonds is 7. The fourth-order valence-electron chi connectivity index (χ4n) is 2.63. The van der Waals surface area contributed by atoms with Crippen molar-refractivity contribution < 1.29 is 33.0 Å². The highest BCUT2D eigenvalue weighted by Gasteiger charge is 2.34. The Kier molecular flexibility index (Phi) is 6.84. The van der Waals surface area contributed by atoms with Crippen molar-refractivity contribution in [3.63, 3.8) is 0 Å². The molecule has 0 unspecified atom stereocenters. The van der Waals surface area contributed by atoms with Gasteiger partial charge in [-0.25, -0.2) is 18.5 Å². The number of carbonyl (C=O) groups is 2. The average molecular weight is 407 g/mol. The Morgan fingerprint density at radius 1 is 1.17 bits per heavy atom. The van der Waals surface area contributed by atoms with E-state index in [2.05, 4.69) is 0 Å². The molecule has 0 heterocycles. The Hall–Kier alpha value is -3.53. The maximum atomic E-state index is 14.4. The van der Waals surface area contributed by atoms with E-state index in [9.17, 15) is 23.5 Å². The van der Waals surface area contributed by atoms with Crippen molar-refractivity contribution in [1.82, 2.24) is 4.90 Å². The van der Waals surface area contributed by atoms with Crippen LogP contribution in [0.3, 0.4) is 0 Å². The number of halogens is 2. The van der Waals surface area contributed by atoms with Crippen LogP contribution in [0, 0.1) is 17.0 Å². The van der Waals surface area contributed by atoms with Gasteiger partial charge in [-0.1, -0.05) is 24.3 Å². The number of hydrogen-bond donors (Lipinski definition) is 3. The molecule has 1 atom stereocenters. The number of imide groups is 1. The number of methoxy groups -OCH3 is 2. The zero-order valence-electron chi connectivity index (χ0n) is 15.6. The molecule has 2 aromatic rings. The van der Waals surface area contributed by atoms with Crippen LogP contribution >= 0.6 is 0 Å². The summed E-state index contributed by atoms with van der Waals surface area (Å²) in [5.41, 5.74) is 5.45. The topological polar surface area (TPSA) is 126 Å². The van der Waals surface area contributed by atoms with E-state index in [0.29, 0.717) is 16.0 Å². The highest BCUT2D eigenvalue weighted by Crippen LogP contribution is 2.29. The van der Waals surface area contributed by atoms with Gasteiger partial charge in [0.05, 0.1) is 19.2 Å². The summed E-state index contributed by atoms with van der Waals surface area (Å²) in [6.45, 7) is -0.397. The van der Waals surface area contributed by atoms with Gasteiger partial charge in [0.25, 0.3) is 5.91 Å². The van der Waals surface area contributed by atoms with Crippen LogP contribution in [-0.4, -0.2) is 42.1 Å². The summed E-state index contributed by atoms with van der Waals surface area (Å²) in [5, 5.41) is 16.8. The van der Waals surface area contributed by atoms with Crippen LogP contribution in [0.25, 0.3) is 0 Å². The number of amides is 2. The summed E-state index contributed by atoms with van der Waals surface area (Å²) < 4.78 is 38.4. The molecule has 0 aliphatic carbocycles.